The van der Waals surface area contributed by atoms with E-state index in [0.717, 1.165) is 30.6 Å². The summed E-state index contributed by atoms with van der Waals surface area (Å²) in [6.07, 6.45) is 7.99. The molecule has 0 radical (unpaired) electrons. The van der Waals surface area contributed by atoms with E-state index >= 15 is 0 Å². The predicted octanol–water partition coefficient (Wildman–Crippen LogP) is 3.70. The topological polar surface area (TPSA) is 25.1 Å². The summed E-state index contributed by atoms with van der Waals surface area (Å²) in [6, 6.07) is 0. The van der Waals surface area contributed by atoms with Gasteiger partial charge in [0, 0.05) is 12.8 Å². The SMILES string of the molecule is CC1CCCCC1C1(C)CC23OC2(CC1C)O3. The first-order valence-corrected chi connectivity index (χ1v) is 7.42. The molecule has 2 heteroatoms. The number of hydrogen-bond donors (Lipinski definition) is 0. The molecule has 4 fully saturated rings. The molecule has 4 rings (SSSR count). The van der Waals surface area contributed by atoms with E-state index in [4.69, 9.17) is 9.47 Å². The molecule has 0 N–H and O–H groups in total. The van der Waals surface area contributed by atoms with E-state index < -0.39 is 0 Å². The van der Waals surface area contributed by atoms with Crippen molar-refractivity contribution >= 4 is 0 Å². The summed E-state index contributed by atoms with van der Waals surface area (Å²) in [7, 11) is 0. The van der Waals surface area contributed by atoms with E-state index in [1.54, 1.807) is 0 Å². The van der Waals surface area contributed by atoms with Crippen LogP contribution in [0.1, 0.15) is 59.3 Å². The molecule has 2 saturated heterocycles. The number of hydrogen-bond acceptors (Lipinski definition) is 2. The van der Waals surface area contributed by atoms with Gasteiger partial charge in [-0.1, -0.05) is 40.0 Å². The minimum atomic E-state index is -0.106. The standard InChI is InChI=1S/C15H24O2/c1-10-6-4-5-7-12(10)13(3)9-15-14(16-15,17-15)8-11(13)2/h10-12H,4-9H2,1-3H3. The second-order valence-electron chi connectivity index (χ2n) is 7.37. The van der Waals surface area contributed by atoms with Gasteiger partial charge < -0.3 is 9.47 Å². The van der Waals surface area contributed by atoms with Crippen LogP contribution in [0.15, 0.2) is 0 Å². The smallest absolute Gasteiger partial charge is 0.229 e. The van der Waals surface area contributed by atoms with E-state index in [9.17, 15) is 0 Å². The predicted molar refractivity (Wildman–Crippen MR) is 65.3 cm³/mol. The summed E-state index contributed by atoms with van der Waals surface area (Å²) in [4.78, 5) is 0. The molecule has 4 unspecified atom stereocenters. The Morgan fingerprint density at radius 1 is 1.00 bits per heavy atom. The van der Waals surface area contributed by atoms with Gasteiger partial charge in [0.05, 0.1) is 0 Å². The molecule has 0 spiro atoms. The second-order valence-corrected chi connectivity index (χ2v) is 7.37. The van der Waals surface area contributed by atoms with E-state index in [2.05, 4.69) is 20.8 Å². The highest BCUT2D eigenvalue weighted by atomic mass is 17.0. The molecule has 0 aromatic heterocycles. The normalized spacial score (nSPS) is 64.8. The Morgan fingerprint density at radius 3 is 2.41 bits per heavy atom. The van der Waals surface area contributed by atoms with Gasteiger partial charge in [-0.05, 0) is 29.6 Å². The summed E-state index contributed by atoms with van der Waals surface area (Å²) in [5.41, 5.74) is 0.441. The molecule has 2 aliphatic heterocycles. The largest absolute Gasteiger partial charge is 0.307 e. The summed E-state index contributed by atoms with van der Waals surface area (Å²) < 4.78 is 11.6. The van der Waals surface area contributed by atoms with Gasteiger partial charge in [-0.3, -0.25) is 0 Å². The van der Waals surface area contributed by atoms with Crippen LogP contribution in [-0.2, 0) is 9.47 Å². The first-order chi connectivity index (χ1) is 8.02. The highest BCUT2D eigenvalue weighted by Crippen LogP contribution is 2.79. The van der Waals surface area contributed by atoms with Crippen molar-refractivity contribution in [2.24, 2.45) is 23.2 Å². The lowest BCUT2D eigenvalue weighted by Gasteiger charge is -2.47. The van der Waals surface area contributed by atoms with Gasteiger partial charge >= 0.3 is 0 Å². The van der Waals surface area contributed by atoms with Crippen LogP contribution in [0, 0.1) is 23.2 Å². The summed E-state index contributed by atoms with van der Waals surface area (Å²) in [6.45, 7) is 7.39. The molecule has 2 aliphatic carbocycles. The summed E-state index contributed by atoms with van der Waals surface area (Å²) in [5.74, 6) is 2.31. The quantitative estimate of drug-likeness (QED) is 0.648. The van der Waals surface area contributed by atoms with E-state index in [0.29, 0.717) is 5.41 Å². The molecular weight excluding hydrogens is 212 g/mol. The molecule has 4 atom stereocenters. The molecule has 0 aromatic rings. The zero-order valence-corrected chi connectivity index (χ0v) is 11.3. The fourth-order valence-corrected chi connectivity index (χ4v) is 5.04. The van der Waals surface area contributed by atoms with Gasteiger partial charge in [0.25, 0.3) is 0 Å². The third kappa shape index (κ3) is 1.19. The molecule has 4 aliphatic rings. The minimum Gasteiger partial charge on any atom is -0.307 e. The fraction of sp³-hybridized carbons (Fsp3) is 1.00. The van der Waals surface area contributed by atoms with Gasteiger partial charge in [0.2, 0.25) is 11.6 Å². The van der Waals surface area contributed by atoms with Crippen LogP contribution in [0.2, 0.25) is 0 Å². The van der Waals surface area contributed by atoms with Crippen LogP contribution < -0.4 is 0 Å². The van der Waals surface area contributed by atoms with Gasteiger partial charge in [0.1, 0.15) is 0 Å². The van der Waals surface area contributed by atoms with Crippen molar-refractivity contribution in [3.05, 3.63) is 0 Å². The molecular formula is C15H24O2. The first-order valence-electron chi connectivity index (χ1n) is 7.42. The maximum absolute atomic E-state index is 5.81. The third-order valence-corrected chi connectivity index (χ3v) is 6.43. The third-order valence-electron chi connectivity index (χ3n) is 6.43. The van der Waals surface area contributed by atoms with E-state index in [1.165, 1.54) is 25.7 Å². The van der Waals surface area contributed by atoms with Crippen LogP contribution in [0.5, 0.6) is 0 Å². The number of epoxide rings is 2. The van der Waals surface area contributed by atoms with Crippen LogP contribution in [0.4, 0.5) is 0 Å². The van der Waals surface area contributed by atoms with Crippen molar-refractivity contribution in [1.82, 2.24) is 0 Å². The lowest BCUT2D eigenvalue weighted by Crippen LogP contribution is -2.43. The number of rotatable bonds is 1. The van der Waals surface area contributed by atoms with Crippen LogP contribution in [0.3, 0.4) is 0 Å². The highest BCUT2D eigenvalue weighted by Gasteiger charge is 2.93. The Balaban J connectivity index is 1.61. The molecule has 0 aromatic carbocycles. The Morgan fingerprint density at radius 2 is 1.71 bits per heavy atom. The summed E-state index contributed by atoms with van der Waals surface area (Å²) in [5, 5.41) is 0. The zero-order valence-electron chi connectivity index (χ0n) is 11.3. The van der Waals surface area contributed by atoms with Crippen molar-refractivity contribution in [2.45, 2.75) is 70.9 Å². The first kappa shape index (κ1) is 10.8. The van der Waals surface area contributed by atoms with E-state index in [-0.39, 0.29) is 11.6 Å². The van der Waals surface area contributed by atoms with Crippen molar-refractivity contribution < 1.29 is 9.47 Å². The summed E-state index contributed by atoms with van der Waals surface area (Å²) >= 11 is 0. The Hall–Kier alpha value is -0.0800. The highest BCUT2D eigenvalue weighted by molar-refractivity contribution is 5.24. The lowest BCUT2D eigenvalue weighted by atomic mass is 9.56. The number of ether oxygens (including phenoxy) is 2. The second kappa shape index (κ2) is 2.91. The molecule has 2 heterocycles. The zero-order chi connectivity index (χ0) is 11.9. The molecule has 2 nitrogen and oxygen atoms in total. The molecule has 2 saturated carbocycles. The van der Waals surface area contributed by atoms with Crippen LogP contribution in [0.25, 0.3) is 0 Å². The maximum atomic E-state index is 5.81. The maximum Gasteiger partial charge on any atom is 0.229 e. The van der Waals surface area contributed by atoms with Crippen molar-refractivity contribution in [3.8, 4) is 0 Å². The van der Waals surface area contributed by atoms with E-state index in [1.807, 2.05) is 0 Å². The minimum absolute atomic E-state index is 0.0934. The Kier molecular flexibility index (Phi) is 1.85. The van der Waals surface area contributed by atoms with Crippen molar-refractivity contribution in [2.75, 3.05) is 0 Å². The average Bonchev–Trinajstić information content (AvgIpc) is 3.04. The van der Waals surface area contributed by atoms with Crippen LogP contribution in [-0.4, -0.2) is 11.6 Å². The molecule has 96 valence electrons. The Bertz CT molecular complexity index is 358. The van der Waals surface area contributed by atoms with Gasteiger partial charge in [-0.15, -0.1) is 0 Å². The molecule has 0 bridgehead atoms. The average molecular weight is 236 g/mol. The lowest BCUT2D eigenvalue weighted by molar-refractivity contribution is -0.0992. The fourth-order valence-electron chi connectivity index (χ4n) is 5.04. The van der Waals surface area contributed by atoms with Crippen LogP contribution >= 0.6 is 0 Å². The van der Waals surface area contributed by atoms with Gasteiger partial charge in [-0.25, -0.2) is 0 Å². The molecule has 17 heavy (non-hydrogen) atoms. The van der Waals surface area contributed by atoms with Gasteiger partial charge in [0.15, 0.2) is 0 Å². The van der Waals surface area contributed by atoms with Gasteiger partial charge in [-0.2, -0.15) is 0 Å². The van der Waals surface area contributed by atoms with Crippen molar-refractivity contribution in [1.29, 1.82) is 0 Å². The molecule has 0 amide bonds. The Labute approximate surface area is 104 Å². The monoisotopic (exact) mass is 236 g/mol. The van der Waals surface area contributed by atoms with Crippen molar-refractivity contribution in [3.63, 3.8) is 0 Å².